The van der Waals surface area contributed by atoms with Crippen molar-refractivity contribution in [1.29, 1.82) is 0 Å². The highest BCUT2D eigenvalue weighted by atomic mass is 35.5. The van der Waals surface area contributed by atoms with Crippen LogP contribution >= 0.6 is 11.6 Å². The average Bonchev–Trinajstić information content (AvgIpc) is 3.14. The van der Waals surface area contributed by atoms with Gasteiger partial charge in [0, 0.05) is 18.3 Å². The summed E-state index contributed by atoms with van der Waals surface area (Å²) in [5.74, 6) is 0. The number of pyridine rings is 1. The summed E-state index contributed by atoms with van der Waals surface area (Å²) in [5.41, 5.74) is 2.24. The third kappa shape index (κ3) is 3.36. The van der Waals surface area contributed by atoms with Crippen molar-refractivity contribution in [2.75, 3.05) is 18.5 Å². The first-order valence-electron chi connectivity index (χ1n) is 6.35. The Kier molecular flexibility index (Phi) is 4.27. The van der Waals surface area contributed by atoms with Crippen LogP contribution < -0.4 is 5.32 Å². The fourth-order valence-corrected chi connectivity index (χ4v) is 2.39. The Morgan fingerprint density at radius 2 is 2.26 bits per heavy atom. The number of halogens is 1. The van der Waals surface area contributed by atoms with E-state index in [1.165, 1.54) is 0 Å². The first-order valence-corrected chi connectivity index (χ1v) is 6.73. The number of aliphatic hydroxyl groups is 1. The Labute approximate surface area is 117 Å². The van der Waals surface area contributed by atoms with Gasteiger partial charge in [-0.25, -0.2) is 9.78 Å². The van der Waals surface area contributed by atoms with Gasteiger partial charge in [0.15, 0.2) is 5.15 Å². The van der Waals surface area contributed by atoms with Gasteiger partial charge >= 0.3 is 6.03 Å². The normalized spacial score (nSPS) is 14.3. The van der Waals surface area contributed by atoms with E-state index in [1.807, 2.05) is 19.9 Å². The van der Waals surface area contributed by atoms with Crippen LogP contribution in [0, 0.1) is 13.8 Å². The summed E-state index contributed by atoms with van der Waals surface area (Å²) in [5, 5.41) is 12.1. The van der Waals surface area contributed by atoms with Crippen LogP contribution in [-0.2, 0) is 0 Å². The molecule has 0 unspecified atom stereocenters. The van der Waals surface area contributed by atoms with E-state index in [4.69, 9.17) is 16.7 Å². The molecular weight excluding hydrogens is 266 g/mol. The maximum atomic E-state index is 12.2. The van der Waals surface area contributed by atoms with Crippen molar-refractivity contribution in [2.24, 2.45) is 0 Å². The fourth-order valence-electron chi connectivity index (χ4n) is 2.06. The maximum Gasteiger partial charge on any atom is 0.322 e. The highest BCUT2D eigenvalue weighted by molar-refractivity contribution is 6.32. The van der Waals surface area contributed by atoms with E-state index >= 15 is 0 Å². The zero-order valence-electron chi connectivity index (χ0n) is 11.1. The summed E-state index contributed by atoms with van der Waals surface area (Å²) < 4.78 is 0. The second-order valence-electron chi connectivity index (χ2n) is 4.82. The molecule has 1 saturated carbocycles. The Balaban J connectivity index is 2.13. The molecular formula is C13H18ClN3O2. The quantitative estimate of drug-likeness (QED) is 0.834. The molecule has 19 heavy (non-hydrogen) atoms. The number of nitrogens with one attached hydrogen (secondary N) is 1. The number of amides is 2. The van der Waals surface area contributed by atoms with Crippen LogP contribution in [0.15, 0.2) is 6.07 Å². The molecule has 5 nitrogen and oxygen atoms in total. The van der Waals surface area contributed by atoms with Gasteiger partial charge < -0.3 is 15.3 Å². The maximum absolute atomic E-state index is 12.2. The number of urea groups is 1. The van der Waals surface area contributed by atoms with Gasteiger partial charge in [-0.05, 0) is 38.3 Å². The number of hydrogen-bond donors (Lipinski definition) is 2. The summed E-state index contributed by atoms with van der Waals surface area (Å²) in [6, 6.07) is 1.88. The van der Waals surface area contributed by atoms with Crippen LogP contribution in [0.25, 0.3) is 0 Å². The van der Waals surface area contributed by atoms with Crippen molar-refractivity contribution in [3.63, 3.8) is 0 Å². The third-order valence-corrected chi connectivity index (χ3v) is 3.40. The molecule has 2 N–H and O–H groups in total. The minimum atomic E-state index is -0.229. The van der Waals surface area contributed by atoms with Gasteiger partial charge in [-0.1, -0.05) is 11.6 Å². The van der Waals surface area contributed by atoms with Crippen LogP contribution in [0.4, 0.5) is 10.5 Å². The standard InChI is InChI=1S/C13H18ClN3O2/c1-8-7-9(2)15-12(14)11(8)16-13(19)17(5-6-18)10-3-4-10/h7,10,18H,3-6H2,1-2H3,(H,16,19). The van der Waals surface area contributed by atoms with Crippen molar-refractivity contribution in [1.82, 2.24) is 9.88 Å². The molecule has 6 heteroatoms. The number of nitrogens with zero attached hydrogens (tertiary/aromatic N) is 2. The second kappa shape index (κ2) is 5.75. The first kappa shape index (κ1) is 14.1. The van der Waals surface area contributed by atoms with Gasteiger partial charge in [-0.2, -0.15) is 0 Å². The molecule has 0 bridgehead atoms. The number of rotatable bonds is 4. The molecule has 1 heterocycles. The van der Waals surface area contributed by atoms with Crippen molar-refractivity contribution in [2.45, 2.75) is 32.7 Å². The summed E-state index contributed by atoms with van der Waals surface area (Å²) in [6.07, 6.45) is 1.98. The van der Waals surface area contributed by atoms with E-state index in [1.54, 1.807) is 4.90 Å². The molecule has 0 aromatic carbocycles. The predicted octanol–water partition coefficient (Wildman–Crippen LogP) is 2.34. The monoisotopic (exact) mass is 283 g/mol. The van der Waals surface area contributed by atoms with Gasteiger partial charge in [0.2, 0.25) is 0 Å². The van der Waals surface area contributed by atoms with Gasteiger partial charge in [-0.15, -0.1) is 0 Å². The molecule has 0 aliphatic heterocycles. The molecule has 0 radical (unpaired) electrons. The molecule has 1 aliphatic carbocycles. The number of carbonyl (C=O) groups excluding carboxylic acids is 1. The van der Waals surface area contributed by atoms with Crippen LogP contribution in [0.3, 0.4) is 0 Å². The van der Waals surface area contributed by atoms with Crippen LogP contribution in [-0.4, -0.2) is 40.2 Å². The van der Waals surface area contributed by atoms with Gasteiger partial charge in [-0.3, -0.25) is 0 Å². The lowest BCUT2D eigenvalue weighted by molar-refractivity contribution is 0.185. The average molecular weight is 284 g/mol. The predicted molar refractivity (Wildman–Crippen MR) is 74.6 cm³/mol. The van der Waals surface area contributed by atoms with E-state index in [0.717, 1.165) is 24.1 Å². The molecule has 1 fully saturated rings. The zero-order chi connectivity index (χ0) is 14.0. The largest absolute Gasteiger partial charge is 0.395 e. The molecule has 1 aromatic rings. The summed E-state index contributed by atoms with van der Waals surface area (Å²) in [4.78, 5) is 18.0. The minimum absolute atomic E-state index is 0.0389. The van der Waals surface area contributed by atoms with E-state index in [9.17, 15) is 4.79 Å². The molecule has 0 saturated heterocycles. The summed E-state index contributed by atoms with van der Waals surface area (Å²) >= 11 is 6.06. The Bertz CT molecular complexity index is 466. The first-order chi connectivity index (χ1) is 9.02. The number of aromatic nitrogens is 1. The van der Waals surface area contributed by atoms with Crippen molar-refractivity contribution in [3.05, 3.63) is 22.5 Å². The molecule has 104 valence electrons. The Morgan fingerprint density at radius 1 is 1.58 bits per heavy atom. The van der Waals surface area contributed by atoms with Crippen molar-refractivity contribution < 1.29 is 9.90 Å². The van der Waals surface area contributed by atoms with E-state index < -0.39 is 0 Å². The minimum Gasteiger partial charge on any atom is -0.395 e. The molecule has 1 aliphatic rings. The smallest absolute Gasteiger partial charge is 0.322 e. The SMILES string of the molecule is Cc1cc(C)c(NC(=O)N(CCO)C2CC2)c(Cl)n1. The van der Waals surface area contributed by atoms with Crippen LogP contribution in [0.1, 0.15) is 24.1 Å². The zero-order valence-corrected chi connectivity index (χ0v) is 11.9. The van der Waals surface area contributed by atoms with Gasteiger partial charge in [0.25, 0.3) is 0 Å². The molecule has 0 spiro atoms. The van der Waals surface area contributed by atoms with E-state index in [2.05, 4.69) is 10.3 Å². The van der Waals surface area contributed by atoms with Crippen molar-refractivity contribution >= 4 is 23.3 Å². The lowest BCUT2D eigenvalue weighted by Gasteiger charge is -2.22. The fraction of sp³-hybridized carbons (Fsp3) is 0.538. The van der Waals surface area contributed by atoms with E-state index in [0.29, 0.717) is 17.4 Å². The summed E-state index contributed by atoms with van der Waals surface area (Å²) in [6.45, 7) is 4.03. The number of aliphatic hydroxyl groups excluding tert-OH is 1. The number of anilines is 1. The number of hydrogen-bond acceptors (Lipinski definition) is 3. The van der Waals surface area contributed by atoms with Gasteiger partial charge in [0.05, 0.1) is 12.3 Å². The lowest BCUT2D eigenvalue weighted by Crippen LogP contribution is -2.39. The Morgan fingerprint density at radius 3 is 2.79 bits per heavy atom. The lowest BCUT2D eigenvalue weighted by atomic mass is 10.2. The molecule has 2 amide bonds. The molecule has 0 atom stereocenters. The highest BCUT2D eigenvalue weighted by Crippen LogP contribution is 2.29. The van der Waals surface area contributed by atoms with Crippen molar-refractivity contribution in [3.8, 4) is 0 Å². The number of carbonyl (C=O) groups is 1. The Hall–Kier alpha value is -1.33. The van der Waals surface area contributed by atoms with Crippen LogP contribution in [0.2, 0.25) is 5.15 Å². The molecule has 1 aromatic heterocycles. The van der Waals surface area contributed by atoms with Gasteiger partial charge in [0.1, 0.15) is 0 Å². The second-order valence-corrected chi connectivity index (χ2v) is 5.18. The third-order valence-electron chi connectivity index (χ3n) is 3.12. The summed E-state index contributed by atoms with van der Waals surface area (Å²) in [7, 11) is 0. The van der Waals surface area contributed by atoms with Crippen LogP contribution in [0.5, 0.6) is 0 Å². The topological polar surface area (TPSA) is 65.5 Å². The number of aryl methyl sites for hydroxylation is 2. The highest BCUT2D eigenvalue weighted by Gasteiger charge is 2.32. The van der Waals surface area contributed by atoms with E-state index in [-0.39, 0.29) is 18.7 Å². The molecule has 2 rings (SSSR count).